The number of rotatable bonds is 3. The molecule has 0 saturated heterocycles. The Balaban J connectivity index is 0.918. The maximum absolute atomic E-state index is 2.40. The number of thiophene rings is 2. The van der Waals surface area contributed by atoms with Gasteiger partial charge in [-0.25, -0.2) is 0 Å². The van der Waals surface area contributed by atoms with Crippen molar-refractivity contribution in [3.63, 3.8) is 0 Å². The third kappa shape index (κ3) is 4.36. The molecule has 0 nitrogen and oxygen atoms in total. The zero-order valence-corrected chi connectivity index (χ0v) is 28.6. The lowest BCUT2D eigenvalue weighted by Gasteiger charge is -2.12. The lowest BCUT2D eigenvalue weighted by molar-refractivity contribution is 1.59. The predicted molar refractivity (Wildman–Crippen MR) is 221 cm³/mol. The molecule has 0 spiro atoms. The molecule has 0 atom stereocenters. The fourth-order valence-electron chi connectivity index (χ4n) is 7.86. The Bertz CT molecular complexity index is 3120. The van der Waals surface area contributed by atoms with Crippen LogP contribution in [-0.2, 0) is 0 Å². The first kappa shape index (κ1) is 28.1. The van der Waals surface area contributed by atoms with Crippen LogP contribution in [0.15, 0.2) is 170 Å². The normalized spacial score (nSPS) is 12.0. The van der Waals surface area contributed by atoms with Gasteiger partial charge in [-0.1, -0.05) is 133 Å². The second-order valence-corrected chi connectivity index (χ2v) is 15.4. The van der Waals surface area contributed by atoms with Crippen LogP contribution in [-0.4, -0.2) is 0 Å². The highest BCUT2D eigenvalue weighted by molar-refractivity contribution is 7.36. The average molecular weight is 669 g/mol. The van der Waals surface area contributed by atoms with Gasteiger partial charge in [0.1, 0.15) is 0 Å². The Labute approximate surface area is 297 Å². The second kappa shape index (κ2) is 10.9. The fraction of sp³-hybridized carbons (Fsp3) is 0. The molecule has 0 unspecified atom stereocenters. The van der Waals surface area contributed by atoms with Crippen LogP contribution in [0.2, 0.25) is 0 Å². The maximum Gasteiger partial charge on any atom is 0.0542 e. The van der Waals surface area contributed by atoms with Gasteiger partial charge in [0.05, 0.1) is 9.40 Å². The van der Waals surface area contributed by atoms with Crippen molar-refractivity contribution < 1.29 is 0 Å². The topological polar surface area (TPSA) is 0 Å². The van der Waals surface area contributed by atoms with Crippen LogP contribution in [0.4, 0.5) is 0 Å². The van der Waals surface area contributed by atoms with Crippen molar-refractivity contribution >= 4 is 95.3 Å². The smallest absolute Gasteiger partial charge is 0.0542 e. The van der Waals surface area contributed by atoms with Crippen LogP contribution < -0.4 is 0 Å². The first-order valence-corrected chi connectivity index (χ1v) is 18.7. The minimum Gasteiger partial charge on any atom is -0.134 e. The van der Waals surface area contributed by atoms with Crippen molar-refractivity contribution in [2.75, 3.05) is 0 Å². The molecule has 0 aliphatic heterocycles. The summed E-state index contributed by atoms with van der Waals surface area (Å²) >= 11 is 3.86. The first-order valence-electron chi connectivity index (χ1n) is 17.1. The Morgan fingerprint density at radius 3 is 1.38 bits per heavy atom. The lowest BCUT2D eigenvalue weighted by Crippen LogP contribution is -1.85. The van der Waals surface area contributed by atoms with Crippen LogP contribution in [0.1, 0.15) is 0 Å². The summed E-state index contributed by atoms with van der Waals surface area (Å²) in [6, 6.07) is 63.0. The molecule has 0 fully saturated rings. The van der Waals surface area contributed by atoms with Gasteiger partial charge in [0, 0.05) is 20.2 Å². The van der Waals surface area contributed by atoms with Crippen molar-refractivity contribution in [3.8, 4) is 33.4 Å². The summed E-state index contributed by atoms with van der Waals surface area (Å²) in [5, 5.41) is 13.1. The van der Waals surface area contributed by atoms with E-state index in [0.29, 0.717) is 0 Å². The largest absolute Gasteiger partial charge is 0.134 e. The molecule has 0 bridgehead atoms. The molecule has 0 aliphatic carbocycles. The predicted octanol–water partition coefficient (Wildman–Crippen LogP) is 14.9. The molecule has 11 rings (SSSR count). The first-order chi connectivity index (χ1) is 24.7. The Morgan fingerprint density at radius 2 is 0.720 bits per heavy atom. The highest BCUT2D eigenvalue weighted by Crippen LogP contribution is 2.46. The van der Waals surface area contributed by atoms with Gasteiger partial charge >= 0.3 is 0 Å². The highest BCUT2D eigenvalue weighted by atomic mass is 32.1. The third-order valence-electron chi connectivity index (χ3n) is 10.4. The van der Waals surface area contributed by atoms with Crippen molar-refractivity contribution in [1.82, 2.24) is 0 Å². The van der Waals surface area contributed by atoms with Gasteiger partial charge in [0.2, 0.25) is 0 Å². The molecule has 0 amide bonds. The standard InChI is InChI=1S/C48H28S2/c1-2-8-34-27-45-43(24-33(34)7-1)47-48(49-45)44-25-36-22-21-35(23-38(36)28-46(44)50-47)31-15-13-29(14-16-31)30-17-19-32(20-18-30)42-26-37-9-3-4-10-39(37)40-11-5-6-12-41(40)42/h1-28H. The van der Waals surface area contributed by atoms with Crippen molar-refractivity contribution in [2.24, 2.45) is 0 Å². The SMILES string of the molecule is c1ccc2cc3c(cc2c1)sc1c2cc4ccc(-c5ccc(-c6ccc(-c7cc8ccccc8c8ccccc78)cc6)cc5)cc4cc2sc31. The zero-order valence-electron chi connectivity index (χ0n) is 27.0. The molecule has 50 heavy (non-hydrogen) atoms. The van der Waals surface area contributed by atoms with Crippen LogP contribution in [0, 0.1) is 0 Å². The highest BCUT2D eigenvalue weighted by Gasteiger charge is 2.15. The monoisotopic (exact) mass is 668 g/mol. The Hall–Kier alpha value is -5.80. The van der Waals surface area contributed by atoms with E-state index in [1.165, 1.54) is 106 Å². The zero-order chi connectivity index (χ0) is 32.8. The summed E-state index contributed by atoms with van der Waals surface area (Å²) in [5.41, 5.74) is 7.45. The molecule has 0 N–H and O–H groups in total. The van der Waals surface area contributed by atoms with E-state index < -0.39 is 0 Å². The lowest BCUT2D eigenvalue weighted by atomic mass is 9.92. The van der Waals surface area contributed by atoms with Crippen LogP contribution in [0.25, 0.3) is 106 Å². The van der Waals surface area contributed by atoms with Gasteiger partial charge in [-0.2, -0.15) is 0 Å². The summed E-state index contributed by atoms with van der Waals surface area (Å²) in [6.07, 6.45) is 0. The van der Waals surface area contributed by atoms with E-state index in [1.807, 2.05) is 22.7 Å². The number of fused-ring (bicyclic) bond motifs is 10. The van der Waals surface area contributed by atoms with Gasteiger partial charge in [0.15, 0.2) is 0 Å². The summed E-state index contributed by atoms with van der Waals surface area (Å²) in [4.78, 5) is 0. The maximum atomic E-state index is 2.40. The third-order valence-corrected chi connectivity index (χ3v) is 12.9. The quantitative estimate of drug-likeness (QED) is 0.164. The molecule has 2 heterocycles. The minimum atomic E-state index is 1.23. The molecule has 2 heteroatoms. The molecule has 0 radical (unpaired) electrons. The Kier molecular flexibility index (Phi) is 6.09. The van der Waals surface area contributed by atoms with E-state index in [1.54, 1.807) is 0 Å². The van der Waals surface area contributed by atoms with E-state index in [2.05, 4.69) is 170 Å². The van der Waals surface area contributed by atoms with Crippen LogP contribution >= 0.6 is 22.7 Å². The second-order valence-electron chi connectivity index (χ2n) is 13.3. The van der Waals surface area contributed by atoms with E-state index in [0.717, 1.165) is 0 Å². The fourth-order valence-corrected chi connectivity index (χ4v) is 10.6. The van der Waals surface area contributed by atoms with Gasteiger partial charge in [0.25, 0.3) is 0 Å². The van der Waals surface area contributed by atoms with E-state index in [4.69, 9.17) is 0 Å². The molecule has 232 valence electrons. The van der Waals surface area contributed by atoms with E-state index in [9.17, 15) is 0 Å². The number of benzene rings is 9. The molecule has 9 aromatic carbocycles. The van der Waals surface area contributed by atoms with Gasteiger partial charge in [-0.05, 0) is 113 Å². The van der Waals surface area contributed by atoms with Crippen molar-refractivity contribution in [2.45, 2.75) is 0 Å². The molecule has 0 aliphatic rings. The van der Waals surface area contributed by atoms with Crippen LogP contribution in [0.5, 0.6) is 0 Å². The molecule has 11 aromatic rings. The molecule has 0 saturated carbocycles. The van der Waals surface area contributed by atoms with Gasteiger partial charge < -0.3 is 0 Å². The minimum absolute atomic E-state index is 1.23. The van der Waals surface area contributed by atoms with Crippen molar-refractivity contribution in [1.29, 1.82) is 0 Å². The Morgan fingerprint density at radius 1 is 0.260 bits per heavy atom. The van der Waals surface area contributed by atoms with E-state index in [-0.39, 0.29) is 0 Å². The van der Waals surface area contributed by atoms with E-state index >= 15 is 0 Å². The molecular weight excluding hydrogens is 641 g/mol. The van der Waals surface area contributed by atoms with Gasteiger partial charge in [-0.3, -0.25) is 0 Å². The van der Waals surface area contributed by atoms with Crippen LogP contribution in [0.3, 0.4) is 0 Å². The summed E-state index contributed by atoms with van der Waals surface area (Å²) in [5.74, 6) is 0. The van der Waals surface area contributed by atoms with Gasteiger partial charge in [-0.15, -0.1) is 22.7 Å². The summed E-state index contributed by atoms with van der Waals surface area (Å²) < 4.78 is 5.56. The summed E-state index contributed by atoms with van der Waals surface area (Å²) in [7, 11) is 0. The molecular formula is C48H28S2. The summed E-state index contributed by atoms with van der Waals surface area (Å²) in [6.45, 7) is 0. The number of hydrogen-bond acceptors (Lipinski definition) is 2. The molecule has 2 aromatic heterocycles. The average Bonchev–Trinajstić information content (AvgIpc) is 3.70. The number of hydrogen-bond donors (Lipinski definition) is 0. The van der Waals surface area contributed by atoms with Crippen molar-refractivity contribution in [3.05, 3.63) is 170 Å².